The summed E-state index contributed by atoms with van der Waals surface area (Å²) in [7, 11) is 0. The van der Waals surface area contributed by atoms with E-state index in [1.54, 1.807) is 0 Å². The van der Waals surface area contributed by atoms with Crippen LogP contribution in [0.15, 0.2) is 10.3 Å². The largest absolute Gasteiger partial charge is 0.411 e. The Morgan fingerprint density at radius 1 is 1.00 bits per heavy atom. The summed E-state index contributed by atoms with van der Waals surface area (Å²) in [6.45, 7) is 3.07. The molecule has 0 atom stereocenters. The van der Waals surface area contributed by atoms with Crippen molar-refractivity contribution in [2.75, 3.05) is 0 Å². The molecule has 0 fully saturated rings. The Kier molecular flexibility index (Phi) is 7.27. The molecule has 0 spiro atoms. The van der Waals surface area contributed by atoms with Crippen molar-refractivity contribution in [1.29, 1.82) is 0 Å². The first kappa shape index (κ1) is 11.4. The van der Waals surface area contributed by atoms with Crippen LogP contribution in [-0.4, -0.2) is 21.8 Å². The Labute approximate surface area is 66.9 Å². The SMILES string of the molecule is CC(=N/O)/C(C)=N\O.[Pd]. The van der Waals surface area contributed by atoms with Crippen LogP contribution in [0.4, 0.5) is 0 Å². The van der Waals surface area contributed by atoms with Gasteiger partial charge in [-0.15, -0.1) is 0 Å². The van der Waals surface area contributed by atoms with Crippen molar-refractivity contribution < 1.29 is 30.8 Å². The van der Waals surface area contributed by atoms with E-state index in [9.17, 15) is 0 Å². The van der Waals surface area contributed by atoms with Gasteiger partial charge < -0.3 is 10.4 Å². The molecule has 0 aliphatic rings. The molecule has 0 aromatic heterocycles. The van der Waals surface area contributed by atoms with Gasteiger partial charge >= 0.3 is 0 Å². The molecule has 0 aromatic rings. The normalized spacial score (nSPS) is 12.7. The van der Waals surface area contributed by atoms with Crippen molar-refractivity contribution in [1.82, 2.24) is 0 Å². The molecule has 0 radical (unpaired) electrons. The van der Waals surface area contributed by atoms with Gasteiger partial charge in [0.25, 0.3) is 0 Å². The van der Waals surface area contributed by atoms with Gasteiger partial charge in [-0.1, -0.05) is 10.3 Å². The van der Waals surface area contributed by atoms with E-state index in [1.165, 1.54) is 13.8 Å². The summed E-state index contributed by atoms with van der Waals surface area (Å²) >= 11 is 0. The van der Waals surface area contributed by atoms with E-state index in [1.807, 2.05) is 0 Å². The molecule has 0 aromatic carbocycles. The van der Waals surface area contributed by atoms with E-state index in [-0.39, 0.29) is 20.4 Å². The molecule has 4 nitrogen and oxygen atoms in total. The topological polar surface area (TPSA) is 65.2 Å². The number of rotatable bonds is 1. The van der Waals surface area contributed by atoms with Gasteiger partial charge in [0, 0.05) is 20.4 Å². The van der Waals surface area contributed by atoms with Crippen LogP contribution in [-0.2, 0) is 20.4 Å². The Hall–Kier alpha value is -0.398. The van der Waals surface area contributed by atoms with Crippen molar-refractivity contribution in [2.24, 2.45) is 10.3 Å². The number of hydrogen-bond donors (Lipinski definition) is 2. The maximum absolute atomic E-state index is 8.03. The van der Waals surface area contributed by atoms with Crippen molar-refractivity contribution in [3.05, 3.63) is 0 Å². The minimum absolute atomic E-state index is 0. The van der Waals surface area contributed by atoms with Gasteiger partial charge in [0.2, 0.25) is 0 Å². The minimum Gasteiger partial charge on any atom is -0.411 e. The first-order valence-electron chi connectivity index (χ1n) is 2.10. The van der Waals surface area contributed by atoms with Crippen LogP contribution in [0.1, 0.15) is 13.8 Å². The zero-order chi connectivity index (χ0) is 6.57. The summed E-state index contributed by atoms with van der Waals surface area (Å²) in [6.07, 6.45) is 0. The molecule has 0 aliphatic heterocycles. The number of nitrogens with zero attached hydrogens (tertiary/aromatic N) is 2. The molecular weight excluding hydrogens is 214 g/mol. The molecule has 56 valence electrons. The molecular formula is C4H8N2O2Pd. The second-order valence-electron chi connectivity index (χ2n) is 1.37. The second kappa shape index (κ2) is 5.73. The van der Waals surface area contributed by atoms with Gasteiger partial charge in [0.05, 0.1) is 0 Å². The molecule has 0 bridgehead atoms. The summed E-state index contributed by atoms with van der Waals surface area (Å²) < 4.78 is 0. The fourth-order valence-electron chi connectivity index (χ4n) is 0.145. The average Bonchev–Trinajstić information content (AvgIpc) is 1.84. The van der Waals surface area contributed by atoms with E-state index in [0.29, 0.717) is 11.4 Å². The van der Waals surface area contributed by atoms with E-state index < -0.39 is 0 Å². The van der Waals surface area contributed by atoms with Crippen LogP contribution in [0.25, 0.3) is 0 Å². The first-order chi connectivity index (χ1) is 3.72. The van der Waals surface area contributed by atoms with Gasteiger partial charge in [0.1, 0.15) is 11.4 Å². The predicted molar refractivity (Wildman–Crippen MR) is 29.8 cm³/mol. The molecule has 0 saturated heterocycles. The zero-order valence-corrected chi connectivity index (χ0v) is 6.66. The number of oxime groups is 2. The first-order valence-corrected chi connectivity index (χ1v) is 2.10. The molecule has 2 N–H and O–H groups in total. The Balaban J connectivity index is 0. The zero-order valence-electron chi connectivity index (χ0n) is 5.11. The molecule has 0 rings (SSSR count). The van der Waals surface area contributed by atoms with Crippen LogP contribution in [0.5, 0.6) is 0 Å². The third-order valence-electron chi connectivity index (χ3n) is 0.824. The molecule has 5 heteroatoms. The van der Waals surface area contributed by atoms with E-state index in [0.717, 1.165) is 0 Å². The Bertz CT molecular complexity index is 117. The standard InChI is InChI=1S/C4H8N2O2.Pd/c1-3(5-7)4(2)6-8;/h7-8H,1-2H3;/b5-3-,6-4-;. The van der Waals surface area contributed by atoms with Gasteiger partial charge in [0.15, 0.2) is 0 Å². The van der Waals surface area contributed by atoms with Crippen LogP contribution in [0.3, 0.4) is 0 Å². The van der Waals surface area contributed by atoms with Crippen molar-refractivity contribution in [3.8, 4) is 0 Å². The Morgan fingerprint density at radius 2 is 1.22 bits per heavy atom. The van der Waals surface area contributed by atoms with Crippen LogP contribution >= 0.6 is 0 Å². The summed E-state index contributed by atoms with van der Waals surface area (Å²) in [5.41, 5.74) is 0.625. The van der Waals surface area contributed by atoms with Crippen LogP contribution in [0, 0.1) is 0 Å². The van der Waals surface area contributed by atoms with Crippen molar-refractivity contribution >= 4 is 11.4 Å². The molecule has 9 heavy (non-hydrogen) atoms. The second-order valence-corrected chi connectivity index (χ2v) is 1.37. The molecule has 0 unspecified atom stereocenters. The van der Waals surface area contributed by atoms with E-state index in [4.69, 9.17) is 10.4 Å². The van der Waals surface area contributed by atoms with Crippen molar-refractivity contribution in [2.45, 2.75) is 13.8 Å². The van der Waals surface area contributed by atoms with E-state index >= 15 is 0 Å². The third-order valence-corrected chi connectivity index (χ3v) is 0.824. The molecule has 0 amide bonds. The molecule has 0 saturated carbocycles. The fourth-order valence-corrected chi connectivity index (χ4v) is 0.145. The predicted octanol–water partition coefficient (Wildman–Crippen LogP) is 0.684. The monoisotopic (exact) mass is 222 g/mol. The van der Waals surface area contributed by atoms with Gasteiger partial charge in [-0.2, -0.15) is 0 Å². The number of hydrogen-bond acceptors (Lipinski definition) is 4. The third kappa shape index (κ3) is 4.13. The summed E-state index contributed by atoms with van der Waals surface area (Å²) in [6, 6.07) is 0. The van der Waals surface area contributed by atoms with Crippen molar-refractivity contribution in [3.63, 3.8) is 0 Å². The summed E-state index contributed by atoms with van der Waals surface area (Å²) in [5.74, 6) is 0. The molecule has 0 aliphatic carbocycles. The van der Waals surface area contributed by atoms with Crippen LogP contribution in [0.2, 0.25) is 0 Å². The van der Waals surface area contributed by atoms with Crippen LogP contribution < -0.4 is 0 Å². The molecule has 0 heterocycles. The Morgan fingerprint density at radius 3 is 1.33 bits per heavy atom. The summed E-state index contributed by atoms with van der Waals surface area (Å²) in [4.78, 5) is 0. The average molecular weight is 223 g/mol. The maximum atomic E-state index is 8.03. The fraction of sp³-hybridized carbons (Fsp3) is 0.500. The van der Waals surface area contributed by atoms with Gasteiger partial charge in [-0.05, 0) is 13.8 Å². The van der Waals surface area contributed by atoms with E-state index in [2.05, 4.69) is 10.3 Å². The maximum Gasteiger partial charge on any atom is 0.101 e. The quantitative estimate of drug-likeness (QED) is 0.297. The smallest absolute Gasteiger partial charge is 0.101 e. The van der Waals surface area contributed by atoms with Gasteiger partial charge in [-0.25, -0.2) is 0 Å². The minimum atomic E-state index is 0. The van der Waals surface area contributed by atoms with Gasteiger partial charge in [-0.3, -0.25) is 0 Å². The summed E-state index contributed by atoms with van der Waals surface area (Å²) in [5, 5.41) is 21.6.